The van der Waals surface area contributed by atoms with E-state index in [9.17, 15) is 4.79 Å². The van der Waals surface area contributed by atoms with Gasteiger partial charge in [-0.3, -0.25) is 4.79 Å². The Bertz CT molecular complexity index is 143. The third kappa shape index (κ3) is 6.58. The maximum Gasteiger partial charge on any atom is 0.308 e. The van der Waals surface area contributed by atoms with E-state index in [4.69, 9.17) is 9.47 Å². The number of hydrogen-bond donors (Lipinski definition) is 0. The van der Waals surface area contributed by atoms with E-state index in [1.165, 1.54) is 0 Å². The minimum atomic E-state index is -0.160. The highest BCUT2D eigenvalue weighted by Crippen LogP contribution is 2.00. The van der Waals surface area contributed by atoms with E-state index in [1.807, 2.05) is 27.7 Å². The van der Waals surface area contributed by atoms with Gasteiger partial charge in [0.05, 0.1) is 12.5 Å². The summed E-state index contributed by atoms with van der Waals surface area (Å²) < 4.78 is 10.3. The first-order chi connectivity index (χ1) is 6.07. The number of esters is 1. The van der Waals surface area contributed by atoms with Crippen LogP contribution in [0.1, 0.15) is 34.1 Å². The van der Waals surface area contributed by atoms with Crippen LogP contribution in [-0.2, 0) is 14.3 Å². The molecule has 0 aliphatic carbocycles. The van der Waals surface area contributed by atoms with Crippen molar-refractivity contribution in [2.45, 2.75) is 40.2 Å². The number of rotatable bonds is 6. The molecule has 0 aliphatic heterocycles. The van der Waals surface area contributed by atoms with Gasteiger partial charge in [0.2, 0.25) is 0 Å². The molecule has 0 saturated carbocycles. The van der Waals surface area contributed by atoms with Crippen LogP contribution in [0.2, 0.25) is 0 Å². The van der Waals surface area contributed by atoms with E-state index < -0.39 is 0 Å². The van der Waals surface area contributed by atoms with Gasteiger partial charge in [-0.25, -0.2) is 0 Å². The van der Waals surface area contributed by atoms with Crippen molar-refractivity contribution in [1.82, 2.24) is 0 Å². The van der Waals surface area contributed by atoms with Crippen molar-refractivity contribution in [3.8, 4) is 0 Å². The van der Waals surface area contributed by atoms with Crippen LogP contribution in [0, 0.1) is 5.92 Å². The molecule has 0 aliphatic rings. The van der Waals surface area contributed by atoms with Crippen molar-refractivity contribution in [1.29, 1.82) is 0 Å². The fraction of sp³-hybridized carbons (Fsp3) is 0.900. The Balaban J connectivity index is 3.50. The molecule has 0 aromatic carbocycles. The maximum atomic E-state index is 11.1. The van der Waals surface area contributed by atoms with Crippen LogP contribution < -0.4 is 0 Å². The molecular formula is C10H20O3. The van der Waals surface area contributed by atoms with Crippen LogP contribution in [0.25, 0.3) is 0 Å². The van der Waals surface area contributed by atoms with Crippen LogP contribution in [-0.4, -0.2) is 25.3 Å². The molecule has 0 bridgehead atoms. The van der Waals surface area contributed by atoms with Crippen molar-refractivity contribution in [3.05, 3.63) is 0 Å². The Labute approximate surface area is 80.4 Å². The highest BCUT2D eigenvalue weighted by molar-refractivity contribution is 5.71. The van der Waals surface area contributed by atoms with Gasteiger partial charge >= 0.3 is 5.97 Å². The van der Waals surface area contributed by atoms with Crippen molar-refractivity contribution in [2.24, 2.45) is 5.92 Å². The summed E-state index contributed by atoms with van der Waals surface area (Å²) in [5.41, 5.74) is 0. The molecule has 78 valence electrons. The summed E-state index contributed by atoms with van der Waals surface area (Å²) in [6, 6.07) is 0. The van der Waals surface area contributed by atoms with Gasteiger partial charge in [-0.05, 0) is 13.3 Å². The first-order valence-electron chi connectivity index (χ1n) is 4.86. The summed E-state index contributed by atoms with van der Waals surface area (Å²) in [5.74, 6) is -0.221. The maximum absolute atomic E-state index is 11.1. The van der Waals surface area contributed by atoms with Gasteiger partial charge in [0.1, 0.15) is 6.10 Å². The predicted molar refractivity (Wildman–Crippen MR) is 51.5 cm³/mol. The Hall–Kier alpha value is -0.570. The summed E-state index contributed by atoms with van der Waals surface area (Å²) in [6.45, 7) is 8.75. The van der Waals surface area contributed by atoms with Crippen molar-refractivity contribution >= 4 is 5.97 Å². The molecule has 13 heavy (non-hydrogen) atoms. The third-order valence-corrected chi connectivity index (χ3v) is 1.49. The lowest BCUT2D eigenvalue weighted by Gasteiger charge is -2.14. The van der Waals surface area contributed by atoms with Crippen LogP contribution in [0.15, 0.2) is 0 Å². The normalized spacial score (nSPS) is 13.0. The van der Waals surface area contributed by atoms with Gasteiger partial charge in [0.15, 0.2) is 0 Å². The second-order valence-corrected chi connectivity index (χ2v) is 3.48. The molecule has 0 spiro atoms. The average molecular weight is 188 g/mol. The van der Waals surface area contributed by atoms with Gasteiger partial charge < -0.3 is 9.47 Å². The van der Waals surface area contributed by atoms with Crippen LogP contribution >= 0.6 is 0 Å². The Morgan fingerprint density at radius 2 is 1.92 bits per heavy atom. The van der Waals surface area contributed by atoms with Crippen molar-refractivity contribution < 1.29 is 14.3 Å². The molecule has 0 unspecified atom stereocenters. The van der Waals surface area contributed by atoms with Gasteiger partial charge in [-0.2, -0.15) is 0 Å². The van der Waals surface area contributed by atoms with E-state index in [0.717, 1.165) is 13.0 Å². The zero-order valence-corrected chi connectivity index (χ0v) is 9.00. The van der Waals surface area contributed by atoms with E-state index in [2.05, 4.69) is 0 Å². The lowest BCUT2D eigenvalue weighted by Crippen LogP contribution is -2.23. The Morgan fingerprint density at radius 1 is 1.31 bits per heavy atom. The molecule has 0 N–H and O–H groups in total. The topological polar surface area (TPSA) is 35.5 Å². The molecule has 0 fully saturated rings. The minimum Gasteiger partial charge on any atom is -0.460 e. The number of ether oxygens (including phenoxy) is 2. The van der Waals surface area contributed by atoms with Crippen LogP contribution in [0.3, 0.4) is 0 Å². The predicted octanol–water partition coefficient (Wildman–Crippen LogP) is 2.00. The average Bonchev–Trinajstić information content (AvgIpc) is 2.04. The first kappa shape index (κ1) is 12.4. The zero-order valence-electron chi connectivity index (χ0n) is 9.00. The summed E-state index contributed by atoms with van der Waals surface area (Å²) in [7, 11) is 0. The molecule has 0 amide bonds. The number of hydrogen-bond acceptors (Lipinski definition) is 3. The standard InChI is InChI=1S/C10H20O3/c1-5-6-12-7-9(4)13-10(11)8(2)3/h8-9H,5-7H2,1-4H3/t9-/m0/s1. The minimum absolute atomic E-state index is 0.0615. The molecule has 3 heteroatoms. The van der Waals surface area contributed by atoms with E-state index in [1.54, 1.807) is 0 Å². The Kier molecular flexibility index (Phi) is 6.59. The number of carbonyl (C=O) groups is 1. The molecule has 0 aromatic heterocycles. The lowest BCUT2D eigenvalue weighted by molar-refractivity contribution is -0.154. The highest BCUT2D eigenvalue weighted by Gasteiger charge is 2.12. The monoisotopic (exact) mass is 188 g/mol. The highest BCUT2D eigenvalue weighted by atomic mass is 16.6. The van der Waals surface area contributed by atoms with Crippen LogP contribution in [0.5, 0.6) is 0 Å². The second kappa shape index (κ2) is 6.89. The van der Waals surface area contributed by atoms with Crippen LogP contribution in [0.4, 0.5) is 0 Å². The zero-order chi connectivity index (χ0) is 10.3. The quantitative estimate of drug-likeness (QED) is 0.472. The van der Waals surface area contributed by atoms with Crippen molar-refractivity contribution in [3.63, 3.8) is 0 Å². The van der Waals surface area contributed by atoms with Gasteiger partial charge in [-0.15, -0.1) is 0 Å². The SMILES string of the molecule is CCCOC[C@H](C)OC(=O)C(C)C. The Morgan fingerprint density at radius 3 is 2.38 bits per heavy atom. The molecule has 0 rings (SSSR count). The molecule has 0 aromatic rings. The van der Waals surface area contributed by atoms with Gasteiger partial charge in [0.25, 0.3) is 0 Å². The largest absolute Gasteiger partial charge is 0.460 e. The molecule has 0 radical (unpaired) electrons. The molecule has 1 atom stereocenters. The molecule has 3 nitrogen and oxygen atoms in total. The fourth-order valence-electron chi connectivity index (χ4n) is 0.762. The summed E-state index contributed by atoms with van der Waals surface area (Å²) >= 11 is 0. The summed E-state index contributed by atoms with van der Waals surface area (Å²) in [6.07, 6.45) is 0.853. The van der Waals surface area contributed by atoms with E-state index >= 15 is 0 Å². The summed E-state index contributed by atoms with van der Waals surface area (Å²) in [5, 5.41) is 0. The molecular weight excluding hydrogens is 168 g/mol. The number of carbonyl (C=O) groups excluding carboxylic acids is 1. The van der Waals surface area contributed by atoms with Gasteiger partial charge in [-0.1, -0.05) is 20.8 Å². The fourth-order valence-corrected chi connectivity index (χ4v) is 0.762. The van der Waals surface area contributed by atoms with Gasteiger partial charge in [0, 0.05) is 6.61 Å². The first-order valence-corrected chi connectivity index (χ1v) is 4.86. The van der Waals surface area contributed by atoms with E-state index in [-0.39, 0.29) is 18.0 Å². The van der Waals surface area contributed by atoms with E-state index in [0.29, 0.717) is 6.61 Å². The smallest absolute Gasteiger partial charge is 0.308 e. The summed E-state index contributed by atoms with van der Waals surface area (Å²) in [4.78, 5) is 11.1. The second-order valence-electron chi connectivity index (χ2n) is 3.48. The third-order valence-electron chi connectivity index (χ3n) is 1.49. The molecule has 0 heterocycles. The molecule has 0 saturated heterocycles. The van der Waals surface area contributed by atoms with Crippen molar-refractivity contribution in [2.75, 3.05) is 13.2 Å². The lowest BCUT2D eigenvalue weighted by atomic mass is 10.2.